The van der Waals surface area contributed by atoms with Crippen molar-refractivity contribution in [1.29, 1.82) is 0 Å². The van der Waals surface area contributed by atoms with Crippen molar-refractivity contribution in [1.82, 2.24) is 15.2 Å². The molecule has 1 fully saturated rings. The van der Waals surface area contributed by atoms with Gasteiger partial charge in [0, 0.05) is 48.9 Å². The average Bonchev–Trinajstić information content (AvgIpc) is 2.81. The summed E-state index contributed by atoms with van der Waals surface area (Å²) < 4.78 is 0. The first kappa shape index (κ1) is 21.1. The van der Waals surface area contributed by atoms with Gasteiger partial charge in [-0.1, -0.05) is 54.1 Å². The number of nitrogens with one attached hydrogen (secondary N) is 1. The fraction of sp³-hybridized carbons (Fsp3) is 0.240. The Morgan fingerprint density at radius 3 is 2.68 bits per heavy atom. The highest BCUT2D eigenvalue weighted by Gasteiger charge is 2.33. The summed E-state index contributed by atoms with van der Waals surface area (Å²) in [4.78, 5) is 31.7. The lowest BCUT2D eigenvalue weighted by molar-refractivity contribution is -0.143. The van der Waals surface area contributed by atoms with Crippen molar-refractivity contribution in [2.24, 2.45) is 0 Å². The van der Waals surface area contributed by atoms with Crippen LogP contribution >= 0.6 is 11.6 Å². The molecule has 2 aromatic carbocycles. The Labute approximate surface area is 187 Å². The number of halogens is 1. The second-order valence-corrected chi connectivity index (χ2v) is 8.06. The molecule has 0 saturated carbocycles. The molecule has 31 heavy (non-hydrogen) atoms. The van der Waals surface area contributed by atoms with Gasteiger partial charge in [0.15, 0.2) is 0 Å². The van der Waals surface area contributed by atoms with Crippen molar-refractivity contribution >= 4 is 23.4 Å². The topological polar surface area (TPSA) is 62.3 Å². The quantitative estimate of drug-likeness (QED) is 0.641. The number of hydrogen-bond acceptors (Lipinski definition) is 3. The zero-order valence-electron chi connectivity index (χ0n) is 17.1. The molecule has 5 nitrogen and oxygen atoms in total. The fourth-order valence-electron chi connectivity index (χ4n) is 3.97. The summed E-state index contributed by atoms with van der Waals surface area (Å²) >= 11 is 5.94. The Morgan fingerprint density at radius 2 is 1.90 bits per heavy atom. The van der Waals surface area contributed by atoms with E-state index in [1.165, 1.54) is 0 Å². The highest BCUT2D eigenvalue weighted by molar-refractivity contribution is 6.30. The SMILES string of the molecule is O=C1NCCN(C(=O)CCc2ccc(Cl)cc2)[C@@H]1Cc1ccccc1-c1cccnc1. The van der Waals surface area contributed by atoms with Crippen LogP contribution in [0.4, 0.5) is 0 Å². The number of amides is 2. The molecule has 3 aromatic rings. The maximum Gasteiger partial charge on any atom is 0.243 e. The normalized spacial score (nSPS) is 16.1. The molecule has 0 unspecified atom stereocenters. The predicted octanol–water partition coefficient (Wildman–Crippen LogP) is 3.90. The Hall–Kier alpha value is -3.18. The van der Waals surface area contributed by atoms with Gasteiger partial charge in [-0.3, -0.25) is 14.6 Å². The third kappa shape index (κ3) is 5.12. The van der Waals surface area contributed by atoms with Crippen molar-refractivity contribution in [3.8, 4) is 11.1 Å². The minimum atomic E-state index is -0.524. The van der Waals surface area contributed by atoms with Gasteiger partial charge < -0.3 is 10.2 Å². The molecule has 0 bridgehead atoms. The highest BCUT2D eigenvalue weighted by atomic mass is 35.5. The lowest BCUT2D eigenvalue weighted by Gasteiger charge is -2.35. The number of piperazine rings is 1. The van der Waals surface area contributed by atoms with E-state index in [0.29, 0.717) is 37.4 Å². The molecule has 1 saturated heterocycles. The van der Waals surface area contributed by atoms with Gasteiger partial charge in [-0.25, -0.2) is 0 Å². The van der Waals surface area contributed by atoms with Crippen LogP contribution in [0.5, 0.6) is 0 Å². The van der Waals surface area contributed by atoms with Crippen molar-refractivity contribution in [3.05, 3.63) is 89.2 Å². The van der Waals surface area contributed by atoms with Crippen molar-refractivity contribution < 1.29 is 9.59 Å². The molecule has 2 amide bonds. The number of benzene rings is 2. The van der Waals surface area contributed by atoms with Crippen LogP contribution in [0.15, 0.2) is 73.1 Å². The van der Waals surface area contributed by atoms with E-state index in [1.54, 1.807) is 11.1 Å². The van der Waals surface area contributed by atoms with Gasteiger partial charge in [0.25, 0.3) is 0 Å². The van der Waals surface area contributed by atoms with Crippen LogP contribution in [0.2, 0.25) is 5.02 Å². The summed E-state index contributed by atoms with van der Waals surface area (Å²) in [6.07, 6.45) is 4.99. The summed E-state index contributed by atoms with van der Waals surface area (Å²) in [6.45, 7) is 0.997. The van der Waals surface area contributed by atoms with E-state index in [4.69, 9.17) is 11.6 Å². The minimum absolute atomic E-state index is 0.00587. The molecule has 1 aliphatic heterocycles. The molecule has 1 N–H and O–H groups in total. The molecule has 1 aliphatic rings. The number of aryl methyl sites for hydroxylation is 1. The van der Waals surface area contributed by atoms with Gasteiger partial charge in [0.2, 0.25) is 11.8 Å². The van der Waals surface area contributed by atoms with Gasteiger partial charge in [-0.2, -0.15) is 0 Å². The number of carbonyl (C=O) groups is 2. The Morgan fingerprint density at radius 1 is 1.10 bits per heavy atom. The Bertz CT molecular complexity index is 1050. The monoisotopic (exact) mass is 433 g/mol. The van der Waals surface area contributed by atoms with Gasteiger partial charge in [-0.15, -0.1) is 0 Å². The molecule has 0 spiro atoms. The molecule has 4 rings (SSSR count). The van der Waals surface area contributed by atoms with Gasteiger partial charge in [-0.05, 0) is 41.3 Å². The first-order chi connectivity index (χ1) is 15.1. The molecular weight excluding hydrogens is 410 g/mol. The average molecular weight is 434 g/mol. The summed E-state index contributed by atoms with van der Waals surface area (Å²) in [6, 6.07) is 18.9. The summed E-state index contributed by atoms with van der Waals surface area (Å²) in [5, 5.41) is 3.59. The van der Waals surface area contributed by atoms with Gasteiger partial charge >= 0.3 is 0 Å². The van der Waals surface area contributed by atoms with E-state index in [9.17, 15) is 9.59 Å². The predicted molar refractivity (Wildman–Crippen MR) is 122 cm³/mol. The van der Waals surface area contributed by atoms with Crippen molar-refractivity contribution in [2.75, 3.05) is 13.1 Å². The second-order valence-electron chi connectivity index (χ2n) is 7.62. The van der Waals surface area contributed by atoms with Crippen LogP contribution in [-0.4, -0.2) is 40.8 Å². The summed E-state index contributed by atoms with van der Waals surface area (Å²) in [5.74, 6) is -0.110. The third-order valence-corrected chi connectivity index (χ3v) is 5.85. The molecule has 6 heteroatoms. The van der Waals surface area contributed by atoms with E-state index in [2.05, 4.69) is 10.3 Å². The van der Waals surface area contributed by atoms with Crippen molar-refractivity contribution in [2.45, 2.75) is 25.3 Å². The molecule has 0 radical (unpaired) electrons. The second kappa shape index (κ2) is 9.75. The van der Waals surface area contributed by atoms with E-state index in [0.717, 1.165) is 22.3 Å². The number of hydrogen-bond donors (Lipinski definition) is 1. The van der Waals surface area contributed by atoms with Gasteiger partial charge in [0.1, 0.15) is 6.04 Å². The molecule has 158 valence electrons. The van der Waals surface area contributed by atoms with E-state index in [-0.39, 0.29) is 11.8 Å². The van der Waals surface area contributed by atoms with Crippen LogP contribution in [0.3, 0.4) is 0 Å². The summed E-state index contributed by atoms with van der Waals surface area (Å²) in [7, 11) is 0. The molecule has 1 aromatic heterocycles. The number of carbonyl (C=O) groups excluding carboxylic acids is 2. The Kier molecular flexibility index (Phi) is 6.63. The first-order valence-corrected chi connectivity index (χ1v) is 10.8. The third-order valence-electron chi connectivity index (χ3n) is 5.60. The number of nitrogens with zero attached hydrogens (tertiary/aromatic N) is 2. The lowest BCUT2D eigenvalue weighted by atomic mass is 9.94. The molecule has 0 aliphatic carbocycles. The van der Waals surface area contributed by atoms with Crippen LogP contribution in [0.25, 0.3) is 11.1 Å². The van der Waals surface area contributed by atoms with E-state index in [1.807, 2.05) is 66.9 Å². The zero-order chi connectivity index (χ0) is 21.6. The summed E-state index contributed by atoms with van der Waals surface area (Å²) in [5.41, 5.74) is 4.10. The van der Waals surface area contributed by atoms with Gasteiger partial charge in [0.05, 0.1) is 0 Å². The first-order valence-electron chi connectivity index (χ1n) is 10.4. The van der Waals surface area contributed by atoms with Crippen LogP contribution in [-0.2, 0) is 22.4 Å². The number of aromatic nitrogens is 1. The molecular formula is C25H24ClN3O2. The smallest absolute Gasteiger partial charge is 0.243 e. The maximum absolute atomic E-state index is 13.0. The minimum Gasteiger partial charge on any atom is -0.353 e. The molecule has 2 heterocycles. The maximum atomic E-state index is 13.0. The lowest BCUT2D eigenvalue weighted by Crippen LogP contribution is -2.58. The highest BCUT2D eigenvalue weighted by Crippen LogP contribution is 2.25. The number of rotatable bonds is 6. The van der Waals surface area contributed by atoms with Crippen LogP contribution < -0.4 is 5.32 Å². The number of pyridine rings is 1. The van der Waals surface area contributed by atoms with Crippen LogP contribution in [0, 0.1) is 0 Å². The fourth-order valence-corrected chi connectivity index (χ4v) is 4.10. The Balaban J connectivity index is 1.51. The zero-order valence-corrected chi connectivity index (χ0v) is 17.9. The van der Waals surface area contributed by atoms with Crippen LogP contribution in [0.1, 0.15) is 17.5 Å². The van der Waals surface area contributed by atoms with Crippen molar-refractivity contribution in [3.63, 3.8) is 0 Å². The van der Waals surface area contributed by atoms with E-state index >= 15 is 0 Å². The largest absolute Gasteiger partial charge is 0.353 e. The van der Waals surface area contributed by atoms with E-state index < -0.39 is 6.04 Å². The molecule has 1 atom stereocenters. The standard InChI is InChI=1S/C25H24ClN3O2/c26-21-10-7-18(8-11-21)9-12-24(30)29-15-14-28-25(31)23(29)16-19-4-1-2-6-22(19)20-5-3-13-27-17-20/h1-8,10-11,13,17,23H,9,12,14-16H2,(H,28,31)/t23-/m1/s1.